The molecule has 1 aromatic rings. The van der Waals surface area contributed by atoms with Crippen molar-refractivity contribution >= 4 is 24.3 Å². The van der Waals surface area contributed by atoms with Gasteiger partial charge < -0.3 is 15.2 Å². The maximum absolute atomic E-state index is 12.2. The maximum atomic E-state index is 12.2. The molecule has 1 heterocycles. The lowest BCUT2D eigenvalue weighted by Crippen LogP contribution is -2.48. The summed E-state index contributed by atoms with van der Waals surface area (Å²) in [6.07, 6.45) is 1.79. The summed E-state index contributed by atoms with van der Waals surface area (Å²) in [4.78, 5) is 27.3. The second kappa shape index (κ2) is 11.8. The summed E-state index contributed by atoms with van der Waals surface area (Å²) in [7, 11) is 1.62. The zero-order valence-electron chi connectivity index (χ0n) is 16.0. The normalized spacial score (nSPS) is 15.2. The molecule has 152 valence electrons. The fourth-order valence-corrected chi connectivity index (χ4v) is 3.36. The molecule has 7 nitrogen and oxygen atoms in total. The van der Waals surface area contributed by atoms with Gasteiger partial charge in [0.15, 0.2) is 0 Å². The summed E-state index contributed by atoms with van der Waals surface area (Å²) in [5.41, 5.74) is 1.00. The van der Waals surface area contributed by atoms with Crippen molar-refractivity contribution in [1.82, 2.24) is 15.1 Å². The second-order valence-corrected chi connectivity index (χ2v) is 6.59. The topological polar surface area (TPSA) is 82.1 Å². The van der Waals surface area contributed by atoms with E-state index in [1.807, 2.05) is 36.1 Å². The predicted molar refractivity (Wildman–Crippen MR) is 106 cm³/mol. The van der Waals surface area contributed by atoms with Crippen molar-refractivity contribution in [2.24, 2.45) is 0 Å². The molecule has 1 amide bonds. The van der Waals surface area contributed by atoms with Gasteiger partial charge in [0, 0.05) is 25.7 Å². The highest BCUT2D eigenvalue weighted by atomic mass is 35.5. The van der Waals surface area contributed by atoms with Crippen molar-refractivity contribution < 1.29 is 19.4 Å². The van der Waals surface area contributed by atoms with Crippen LogP contribution in [0.4, 0.5) is 0 Å². The Hall–Kier alpha value is -1.83. The summed E-state index contributed by atoms with van der Waals surface area (Å²) >= 11 is 0. The largest absolute Gasteiger partial charge is 0.497 e. The van der Waals surface area contributed by atoms with Gasteiger partial charge in [0.1, 0.15) is 5.75 Å². The number of likely N-dealkylation sites (tertiary alicyclic amines) is 1. The van der Waals surface area contributed by atoms with E-state index in [2.05, 4.69) is 10.2 Å². The SMILES string of the molecule is CCN(CC(=O)O)C1CCN(CC(=O)NCc2cccc(OC)c2)CC1.Cl. The number of benzene rings is 1. The van der Waals surface area contributed by atoms with Gasteiger partial charge in [-0.3, -0.25) is 19.4 Å². The summed E-state index contributed by atoms with van der Waals surface area (Å²) < 4.78 is 5.18. The van der Waals surface area contributed by atoms with Gasteiger partial charge in [-0.05, 0) is 37.1 Å². The van der Waals surface area contributed by atoms with Gasteiger partial charge in [-0.25, -0.2) is 0 Å². The number of hydrogen-bond donors (Lipinski definition) is 2. The Bertz CT molecular complexity index is 606. The molecule has 27 heavy (non-hydrogen) atoms. The fourth-order valence-electron chi connectivity index (χ4n) is 3.36. The highest BCUT2D eigenvalue weighted by Gasteiger charge is 2.25. The maximum Gasteiger partial charge on any atom is 0.317 e. The highest BCUT2D eigenvalue weighted by Crippen LogP contribution is 2.16. The molecular formula is C19H30ClN3O4. The first-order chi connectivity index (χ1) is 12.5. The molecule has 2 N–H and O–H groups in total. The number of nitrogens with zero attached hydrogens (tertiary/aromatic N) is 2. The van der Waals surface area contributed by atoms with Gasteiger partial charge in [0.2, 0.25) is 5.91 Å². The molecule has 1 saturated heterocycles. The van der Waals surface area contributed by atoms with Crippen LogP contribution in [0.1, 0.15) is 25.3 Å². The lowest BCUT2D eigenvalue weighted by molar-refractivity contribution is -0.139. The van der Waals surface area contributed by atoms with E-state index < -0.39 is 5.97 Å². The van der Waals surface area contributed by atoms with E-state index in [-0.39, 0.29) is 30.9 Å². The van der Waals surface area contributed by atoms with E-state index in [0.29, 0.717) is 13.1 Å². The first-order valence-corrected chi connectivity index (χ1v) is 9.09. The molecule has 2 rings (SSSR count). The van der Waals surface area contributed by atoms with E-state index in [0.717, 1.165) is 43.8 Å². The highest BCUT2D eigenvalue weighted by molar-refractivity contribution is 5.85. The minimum absolute atomic E-state index is 0. The number of nitrogens with one attached hydrogen (secondary N) is 1. The van der Waals surface area contributed by atoms with E-state index in [4.69, 9.17) is 9.84 Å². The molecule has 0 aliphatic carbocycles. The monoisotopic (exact) mass is 399 g/mol. The molecule has 0 saturated carbocycles. The van der Waals surface area contributed by atoms with Crippen LogP contribution in [0.15, 0.2) is 24.3 Å². The van der Waals surface area contributed by atoms with E-state index >= 15 is 0 Å². The number of carbonyl (C=O) groups is 2. The van der Waals surface area contributed by atoms with Crippen LogP contribution in [0.3, 0.4) is 0 Å². The van der Waals surface area contributed by atoms with Gasteiger partial charge in [0.25, 0.3) is 0 Å². The van der Waals surface area contributed by atoms with Crippen LogP contribution >= 0.6 is 12.4 Å². The molecule has 1 aliphatic rings. The standard InChI is InChI=1S/C19H29N3O4.ClH/c1-3-22(14-19(24)25)16-7-9-21(10-8-16)13-18(23)20-12-15-5-4-6-17(11-15)26-2;/h4-6,11,16H,3,7-10,12-14H2,1-2H3,(H,20,23)(H,24,25);1H. The van der Waals surface area contributed by atoms with Crippen LogP contribution < -0.4 is 10.1 Å². The third kappa shape index (κ3) is 7.74. The number of aliphatic carboxylic acids is 1. The molecule has 1 aromatic carbocycles. The fraction of sp³-hybridized carbons (Fsp3) is 0.579. The average Bonchev–Trinajstić information content (AvgIpc) is 2.65. The lowest BCUT2D eigenvalue weighted by atomic mass is 10.0. The van der Waals surface area contributed by atoms with E-state index in [1.165, 1.54) is 0 Å². The Balaban J connectivity index is 0.00000364. The third-order valence-electron chi connectivity index (χ3n) is 4.81. The van der Waals surface area contributed by atoms with Crippen molar-refractivity contribution in [3.8, 4) is 5.75 Å². The van der Waals surface area contributed by atoms with Crippen molar-refractivity contribution in [3.63, 3.8) is 0 Å². The number of rotatable bonds is 9. The zero-order valence-corrected chi connectivity index (χ0v) is 16.8. The van der Waals surface area contributed by atoms with Gasteiger partial charge in [-0.15, -0.1) is 12.4 Å². The number of ether oxygens (including phenoxy) is 1. The van der Waals surface area contributed by atoms with Gasteiger partial charge >= 0.3 is 5.97 Å². The van der Waals surface area contributed by atoms with Crippen LogP contribution in [0, 0.1) is 0 Å². The minimum Gasteiger partial charge on any atom is -0.497 e. The smallest absolute Gasteiger partial charge is 0.317 e. The quantitative estimate of drug-likeness (QED) is 0.656. The summed E-state index contributed by atoms with van der Waals surface area (Å²) in [5, 5.41) is 11.9. The number of methoxy groups -OCH3 is 1. The molecule has 8 heteroatoms. The van der Waals surface area contributed by atoms with Gasteiger partial charge in [0.05, 0.1) is 20.2 Å². The first kappa shape index (κ1) is 23.2. The van der Waals surface area contributed by atoms with Crippen molar-refractivity contribution in [1.29, 1.82) is 0 Å². The summed E-state index contributed by atoms with van der Waals surface area (Å²) in [6.45, 7) is 5.29. The van der Waals surface area contributed by atoms with Gasteiger partial charge in [-0.1, -0.05) is 19.1 Å². The summed E-state index contributed by atoms with van der Waals surface area (Å²) in [5.74, 6) is -0.00369. The molecule has 0 atom stereocenters. The predicted octanol–water partition coefficient (Wildman–Crippen LogP) is 1.60. The molecule has 0 spiro atoms. The molecule has 0 bridgehead atoms. The number of likely N-dealkylation sites (N-methyl/N-ethyl adjacent to an activating group) is 1. The number of amides is 1. The summed E-state index contributed by atoms with van der Waals surface area (Å²) in [6, 6.07) is 7.93. The Labute approximate surface area is 167 Å². The van der Waals surface area contributed by atoms with E-state index in [9.17, 15) is 9.59 Å². The number of piperidine rings is 1. The first-order valence-electron chi connectivity index (χ1n) is 9.09. The van der Waals surface area contributed by atoms with E-state index in [1.54, 1.807) is 7.11 Å². The Kier molecular flexibility index (Phi) is 10.1. The number of carboxylic acids is 1. The number of hydrogen-bond acceptors (Lipinski definition) is 5. The molecular weight excluding hydrogens is 370 g/mol. The van der Waals surface area contributed by atoms with Crippen molar-refractivity contribution in [2.45, 2.75) is 32.4 Å². The van der Waals surface area contributed by atoms with Crippen LogP contribution in [0.2, 0.25) is 0 Å². The molecule has 1 fully saturated rings. The molecule has 1 aliphatic heterocycles. The Morgan fingerprint density at radius 3 is 2.63 bits per heavy atom. The van der Waals surface area contributed by atoms with Crippen LogP contribution in [-0.4, -0.2) is 72.7 Å². The number of halogens is 1. The molecule has 0 unspecified atom stereocenters. The van der Waals surface area contributed by atoms with Crippen molar-refractivity contribution in [3.05, 3.63) is 29.8 Å². The Morgan fingerprint density at radius 2 is 2.04 bits per heavy atom. The van der Waals surface area contributed by atoms with Crippen LogP contribution in [0.5, 0.6) is 5.75 Å². The van der Waals surface area contributed by atoms with Crippen LogP contribution in [-0.2, 0) is 16.1 Å². The number of carboxylic acid groups (broad SMARTS) is 1. The lowest BCUT2D eigenvalue weighted by Gasteiger charge is -2.37. The molecule has 0 aromatic heterocycles. The zero-order chi connectivity index (χ0) is 18.9. The Morgan fingerprint density at radius 1 is 1.33 bits per heavy atom. The average molecular weight is 400 g/mol. The number of carbonyl (C=O) groups excluding carboxylic acids is 1. The second-order valence-electron chi connectivity index (χ2n) is 6.59. The van der Waals surface area contributed by atoms with Gasteiger partial charge in [-0.2, -0.15) is 0 Å². The van der Waals surface area contributed by atoms with Crippen LogP contribution in [0.25, 0.3) is 0 Å². The van der Waals surface area contributed by atoms with Crippen molar-refractivity contribution in [2.75, 3.05) is 39.8 Å². The third-order valence-corrected chi connectivity index (χ3v) is 4.81. The molecule has 0 radical (unpaired) electrons. The minimum atomic E-state index is -0.786.